The quantitative estimate of drug-likeness (QED) is 0.709. The highest BCUT2D eigenvalue weighted by Gasteiger charge is 2.02. The number of allylic oxidation sites excluding steroid dienone is 1. The van der Waals surface area contributed by atoms with Crippen LogP contribution in [0.5, 0.6) is 5.75 Å². The van der Waals surface area contributed by atoms with E-state index in [1.54, 1.807) is 0 Å². The summed E-state index contributed by atoms with van der Waals surface area (Å²) in [4.78, 5) is 0. The first-order chi connectivity index (χ1) is 8.25. The molecule has 0 aromatic heterocycles. The van der Waals surface area contributed by atoms with Gasteiger partial charge in [0.25, 0.3) is 0 Å². The van der Waals surface area contributed by atoms with Crippen LogP contribution in [0.25, 0.3) is 0 Å². The van der Waals surface area contributed by atoms with Crippen LogP contribution in [0.4, 0.5) is 0 Å². The largest absolute Gasteiger partial charge is 0.462 e. The molecule has 0 heterocycles. The van der Waals surface area contributed by atoms with Crippen molar-refractivity contribution in [2.24, 2.45) is 0 Å². The van der Waals surface area contributed by atoms with E-state index >= 15 is 0 Å². The monoisotopic (exact) mass is 224 g/mol. The Bertz CT molecular complexity index is 500. The lowest BCUT2D eigenvalue weighted by molar-refractivity contribution is 0.413. The lowest BCUT2D eigenvalue weighted by Crippen LogP contribution is -1.99. The maximum atomic E-state index is 5.75. The summed E-state index contributed by atoms with van der Waals surface area (Å²) in [6.07, 6.45) is 0.745. The number of para-hydroxylation sites is 1. The van der Waals surface area contributed by atoms with Gasteiger partial charge in [0.1, 0.15) is 11.5 Å². The lowest BCUT2D eigenvalue weighted by Gasteiger charge is -2.10. The van der Waals surface area contributed by atoms with Gasteiger partial charge >= 0.3 is 0 Å². The Morgan fingerprint density at radius 3 is 2.35 bits per heavy atom. The first kappa shape index (κ1) is 11.5. The van der Waals surface area contributed by atoms with Gasteiger partial charge in [0.15, 0.2) is 0 Å². The van der Waals surface area contributed by atoms with Crippen LogP contribution in [0.2, 0.25) is 0 Å². The van der Waals surface area contributed by atoms with Gasteiger partial charge < -0.3 is 4.74 Å². The molecular weight excluding hydrogens is 208 g/mol. The summed E-state index contributed by atoms with van der Waals surface area (Å²) in [5.41, 5.74) is 2.34. The highest BCUT2D eigenvalue weighted by atomic mass is 16.5. The van der Waals surface area contributed by atoms with Gasteiger partial charge in [-0.2, -0.15) is 0 Å². The zero-order valence-corrected chi connectivity index (χ0v) is 10.0. The maximum absolute atomic E-state index is 5.75. The molecule has 17 heavy (non-hydrogen) atoms. The fourth-order valence-electron chi connectivity index (χ4n) is 1.69. The van der Waals surface area contributed by atoms with Crippen LogP contribution in [-0.2, 0) is 6.42 Å². The summed E-state index contributed by atoms with van der Waals surface area (Å²) in [5, 5.41) is 0. The van der Waals surface area contributed by atoms with Crippen LogP contribution < -0.4 is 4.74 Å². The average Bonchev–Trinajstić information content (AvgIpc) is 2.33. The van der Waals surface area contributed by atoms with Crippen molar-refractivity contribution in [1.82, 2.24) is 0 Å². The maximum Gasteiger partial charge on any atom is 0.129 e. The van der Waals surface area contributed by atoms with Crippen molar-refractivity contribution in [1.29, 1.82) is 0 Å². The van der Waals surface area contributed by atoms with Gasteiger partial charge in [0.05, 0.1) is 0 Å². The zero-order valence-electron chi connectivity index (χ0n) is 10.0. The third-order valence-corrected chi connectivity index (χ3v) is 2.59. The summed E-state index contributed by atoms with van der Waals surface area (Å²) >= 11 is 0. The Kier molecular flexibility index (Phi) is 3.61. The van der Waals surface area contributed by atoms with E-state index in [2.05, 4.69) is 18.7 Å². The normalized spacial score (nSPS) is 9.94. The number of benzene rings is 2. The molecule has 0 unspecified atom stereocenters. The van der Waals surface area contributed by atoms with Crippen molar-refractivity contribution in [2.75, 3.05) is 0 Å². The van der Waals surface area contributed by atoms with Crippen molar-refractivity contribution in [2.45, 2.75) is 13.3 Å². The van der Waals surface area contributed by atoms with E-state index in [9.17, 15) is 0 Å². The molecule has 86 valence electrons. The topological polar surface area (TPSA) is 9.23 Å². The number of rotatable bonds is 4. The standard InChI is InChI=1S/C16H16O/c1-13-8-6-7-11-16(13)17-14(2)12-15-9-4-3-5-10-15/h3-11H,2,12H2,1H3. The Labute approximate surface area is 102 Å². The molecule has 2 aromatic carbocycles. The third kappa shape index (κ3) is 3.22. The molecule has 0 atom stereocenters. The molecular formula is C16H16O. The van der Waals surface area contributed by atoms with Gasteiger partial charge in [-0.15, -0.1) is 0 Å². The molecule has 0 aliphatic carbocycles. The van der Waals surface area contributed by atoms with Crippen molar-refractivity contribution < 1.29 is 4.74 Å². The molecule has 1 nitrogen and oxygen atoms in total. The minimum Gasteiger partial charge on any atom is -0.462 e. The molecule has 1 heteroatoms. The molecule has 2 rings (SSSR count). The molecule has 0 saturated carbocycles. The minimum atomic E-state index is 0.745. The Morgan fingerprint density at radius 2 is 1.65 bits per heavy atom. The summed E-state index contributed by atoms with van der Waals surface area (Å²) in [6, 6.07) is 18.2. The van der Waals surface area contributed by atoms with E-state index in [4.69, 9.17) is 4.74 Å². The summed E-state index contributed by atoms with van der Waals surface area (Å²) in [7, 11) is 0. The van der Waals surface area contributed by atoms with Gasteiger partial charge in [-0.1, -0.05) is 55.1 Å². The fourth-order valence-corrected chi connectivity index (χ4v) is 1.69. The summed E-state index contributed by atoms with van der Waals surface area (Å²) in [5.74, 6) is 1.65. The summed E-state index contributed by atoms with van der Waals surface area (Å²) in [6.45, 7) is 6.00. The number of aryl methyl sites for hydroxylation is 1. The lowest BCUT2D eigenvalue weighted by atomic mass is 10.1. The van der Waals surface area contributed by atoms with E-state index in [1.807, 2.05) is 49.4 Å². The number of ether oxygens (including phenoxy) is 1. The van der Waals surface area contributed by atoms with E-state index in [0.717, 1.165) is 23.5 Å². The van der Waals surface area contributed by atoms with Crippen LogP contribution in [-0.4, -0.2) is 0 Å². The van der Waals surface area contributed by atoms with Crippen LogP contribution in [0, 0.1) is 6.92 Å². The second-order valence-corrected chi connectivity index (χ2v) is 4.07. The van der Waals surface area contributed by atoms with E-state index in [1.165, 1.54) is 5.56 Å². The summed E-state index contributed by atoms with van der Waals surface area (Å²) < 4.78 is 5.75. The number of hydrogen-bond donors (Lipinski definition) is 0. The molecule has 0 saturated heterocycles. The van der Waals surface area contributed by atoms with Crippen molar-refractivity contribution in [3.05, 3.63) is 78.1 Å². The van der Waals surface area contributed by atoms with Gasteiger partial charge in [0.2, 0.25) is 0 Å². The molecule has 0 bridgehead atoms. The predicted octanol–water partition coefficient (Wildman–Crippen LogP) is 4.13. The van der Waals surface area contributed by atoms with Crippen LogP contribution in [0.15, 0.2) is 66.9 Å². The first-order valence-electron chi connectivity index (χ1n) is 5.71. The molecule has 0 aliphatic rings. The van der Waals surface area contributed by atoms with Gasteiger partial charge in [-0.3, -0.25) is 0 Å². The van der Waals surface area contributed by atoms with E-state index in [-0.39, 0.29) is 0 Å². The predicted molar refractivity (Wildman–Crippen MR) is 71.1 cm³/mol. The SMILES string of the molecule is C=C(Cc1ccccc1)Oc1ccccc1C. The molecule has 0 radical (unpaired) electrons. The highest BCUT2D eigenvalue weighted by Crippen LogP contribution is 2.19. The highest BCUT2D eigenvalue weighted by molar-refractivity contribution is 5.33. The van der Waals surface area contributed by atoms with Crippen LogP contribution >= 0.6 is 0 Å². The minimum absolute atomic E-state index is 0.745. The molecule has 0 spiro atoms. The van der Waals surface area contributed by atoms with Gasteiger partial charge in [0, 0.05) is 6.42 Å². The molecule has 2 aromatic rings. The Balaban J connectivity index is 2.01. The van der Waals surface area contributed by atoms with Gasteiger partial charge in [-0.05, 0) is 24.1 Å². The third-order valence-electron chi connectivity index (χ3n) is 2.59. The van der Waals surface area contributed by atoms with E-state index < -0.39 is 0 Å². The average molecular weight is 224 g/mol. The second kappa shape index (κ2) is 5.35. The van der Waals surface area contributed by atoms with Crippen LogP contribution in [0.3, 0.4) is 0 Å². The first-order valence-corrected chi connectivity index (χ1v) is 5.71. The second-order valence-electron chi connectivity index (χ2n) is 4.07. The zero-order chi connectivity index (χ0) is 12.1. The van der Waals surface area contributed by atoms with Crippen molar-refractivity contribution in [3.8, 4) is 5.75 Å². The molecule has 0 fully saturated rings. The molecule has 0 N–H and O–H groups in total. The Morgan fingerprint density at radius 1 is 1.00 bits per heavy atom. The van der Waals surface area contributed by atoms with Gasteiger partial charge in [-0.25, -0.2) is 0 Å². The molecule has 0 aliphatic heterocycles. The number of hydrogen-bond acceptors (Lipinski definition) is 1. The molecule has 0 amide bonds. The van der Waals surface area contributed by atoms with Crippen LogP contribution in [0.1, 0.15) is 11.1 Å². The Hall–Kier alpha value is -2.02. The van der Waals surface area contributed by atoms with Crippen molar-refractivity contribution in [3.63, 3.8) is 0 Å². The van der Waals surface area contributed by atoms with Crippen molar-refractivity contribution >= 4 is 0 Å². The fraction of sp³-hybridized carbons (Fsp3) is 0.125. The van der Waals surface area contributed by atoms with E-state index in [0.29, 0.717) is 0 Å². The smallest absolute Gasteiger partial charge is 0.129 e.